The van der Waals surface area contributed by atoms with E-state index in [1.54, 1.807) is 17.3 Å². The zero-order chi connectivity index (χ0) is 15.1. The topological polar surface area (TPSA) is 97.5 Å². The fraction of sp³-hybridized carbons (Fsp3) is 0.500. The number of nitrogens with zero attached hydrogens (tertiary/aromatic N) is 2. The first-order valence-corrected chi connectivity index (χ1v) is 6.96. The molecule has 1 unspecified atom stereocenters. The minimum atomic E-state index is -0.690. The number of nitrogens with one attached hydrogen (secondary N) is 1. The van der Waals surface area contributed by atoms with E-state index in [0.29, 0.717) is 19.7 Å². The molecule has 0 saturated carbocycles. The molecule has 1 aromatic heterocycles. The molecule has 1 aliphatic heterocycles. The third kappa shape index (κ3) is 5.03. The van der Waals surface area contributed by atoms with Crippen LogP contribution in [0, 0.1) is 0 Å². The van der Waals surface area contributed by atoms with Gasteiger partial charge in [-0.15, -0.1) is 0 Å². The van der Waals surface area contributed by atoms with Crippen molar-refractivity contribution in [1.29, 1.82) is 0 Å². The highest BCUT2D eigenvalue weighted by molar-refractivity contribution is 5.83. The van der Waals surface area contributed by atoms with Gasteiger partial charge in [0, 0.05) is 25.5 Å². The van der Waals surface area contributed by atoms with Gasteiger partial charge in [0.15, 0.2) is 0 Å². The maximum Gasteiger partial charge on any atom is 0.312 e. The molecular formula is C14H20N4O3. The largest absolute Gasteiger partial charge is 0.372 e. The summed E-state index contributed by atoms with van der Waals surface area (Å²) in [5.74, 6) is -0.136. The summed E-state index contributed by atoms with van der Waals surface area (Å²) in [4.78, 5) is 28.3. The smallest absolute Gasteiger partial charge is 0.312 e. The number of likely N-dealkylation sites (tertiary alicyclic amines) is 1. The lowest BCUT2D eigenvalue weighted by atomic mass is 10.1. The summed E-state index contributed by atoms with van der Waals surface area (Å²) < 4.78 is 5.83. The van der Waals surface area contributed by atoms with E-state index in [1.807, 2.05) is 12.1 Å². The van der Waals surface area contributed by atoms with E-state index in [1.165, 1.54) is 0 Å². The van der Waals surface area contributed by atoms with E-state index in [0.717, 1.165) is 18.4 Å². The fourth-order valence-electron chi connectivity index (χ4n) is 2.27. The SMILES string of the molecule is NC(=O)NCC(=O)N1CCCC(OCc2cccnc2)C1. The van der Waals surface area contributed by atoms with Gasteiger partial charge in [-0.1, -0.05) is 6.07 Å². The Morgan fingerprint density at radius 1 is 1.52 bits per heavy atom. The second-order valence-electron chi connectivity index (χ2n) is 4.99. The van der Waals surface area contributed by atoms with Gasteiger partial charge >= 0.3 is 6.03 Å². The summed E-state index contributed by atoms with van der Waals surface area (Å²) in [6, 6.07) is 3.13. The highest BCUT2D eigenvalue weighted by atomic mass is 16.5. The number of urea groups is 1. The van der Waals surface area contributed by atoms with Crippen molar-refractivity contribution in [1.82, 2.24) is 15.2 Å². The zero-order valence-corrected chi connectivity index (χ0v) is 11.8. The van der Waals surface area contributed by atoms with E-state index in [4.69, 9.17) is 10.5 Å². The average molecular weight is 292 g/mol. The average Bonchev–Trinajstić information content (AvgIpc) is 2.52. The molecule has 0 aliphatic carbocycles. The molecule has 1 aromatic rings. The lowest BCUT2D eigenvalue weighted by molar-refractivity contribution is -0.134. The maximum absolute atomic E-state index is 11.9. The van der Waals surface area contributed by atoms with Crippen molar-refractivity contribution in [3.63, 3.8) is 0 Å². The number of nitrogens with two attached hydrogens (primary N) is 1. The number of hydrogen-bond donors (Lipinski definition) is 2. The second-order valence-corrected chi connectivity index (χ2v) is 4.99. The Balaban J connectivity index is 1.77. The summed E-state index contributed by atoms with van der Waals surface area (Å²) in [5, 5.41) is 2.31. The molecule has 114 valence electrons. The van der Waals surface area contributed by atoms with Gasteiger partial charge in [-0.3, -0.25) is 9.78 Å². The van der Waals surface area contributed by atoms with Crippen molar-refractivity contribution in [2.75, 3.05) is 19.6 Å². The number of aromatic nitrogens is 1. The maximum atomic E-state index is 11.9. The summed E-state index contributed by atoms with van der Waals surface area (Å²) in [6.07, 6.45) is 5.31. The molecule has 3 N–H and O–H groups in total. The van der Waals surface area contributed by atoms with Crippen LogP contribution in [0.1, 0.15) is 18.4 Å². The molecule has 7 heteroatoms. The number of primary amides is 1. The van der Waals surface area contributed by atoms with Gasteiger partial charge in [-0.05, 0) is 24.5 Å². The quantitative estimate of drug-likeness (QED) is 0.813. The van der Waals surface area contributed by atoms with Gasteiger partial charge in [0.1, 0.15) is 0 Å². The van der Waals surface area contributed by atoms with Crippen LogP contribution in [0.15, 0.2) is 24.5 Å². The predicted molar refractivity (Wildman–Crippen MR) is 76.2 cm³/mol. The molecule has 0 spiro atoms. The Bertz CT molecular complexity index is 480. The number of carbonyl (C=O) groups excluding carboxylic acids is 2. The standard InChI is InChI=1S/C14H20N4O3/c15-14(20)17-8-13(19)18-6-2-4-12(9-18)21-10-11-3-1-5-16-7-11/h1,3,5,7,12H,2,4,6,8-10H2,(H3,15,17,20). The van der Waals surface area contributed by atoms with Crippen molar-refractivity contribution in [3.8, 4) is 0 Å². The number of piperidine rings is 1. The van der Waals surface area contributed by atoms with Gasteiger partial charge < -0.3 is 20.7 Å². The van der Waals surface area contributed by atoms with Crippen LogP contribution in [0.4, 0.5) is 4.79 Å². The lowest BCUT2D eigenvalue weighted by Gasteiger charge is -2.32. The molecule has 0 bridgehead atoms. The number of rotatable bonds is 5. The van der Waals surface area contributed by atoms with Crippen LogP contribution in [-0.2, 0) is 16.1 Å². The lowest BCUT2D eigenvalue weighted by Crippen LogP contribution is -2.47. The Morgan fingerprint density at radius 3 is 3.10 bits per heavy atom. The normalized spacial score (nSPS) is 18.3. The van der Waals surface area contributed by atoms with Gasteiger partial charge in [0.2, 0.25) is 5.91 Å². The number of hydrogen-bond acceptors (Lipinski definition) is 4. The predicted octanol–water partition coefficient (Wildman–Crippen LogP) is 0.258. The third-order valence-electron chi connectivity index (χ3n) is 3.35. The first kappa shape index (κ1) is 15.2. The third-order valence-corrected chi connectivity index (χ3v) is 3.35. The van der Waals surface area contributed by atoms with Gasteiger partial charge in [-0.25, -0.2) is 4.79 Å². The number of ether oxygens (including phenoxy) is 1. The summed E-state index contributed by atoms with van der Waals surface area (Å²) in [7, 11) is 0. The Labute approximate surface area is 123 Å². The Morgan fingerprint density at radius 2 is 2.38 bits per heavy atom. The molecule has 2 heterocycles. The van der Waals surface area contributed by atoms with Crippen LogP contribution >= 0.6 is 0 Å². The number of amides is 3. The summed E-state index contributed by atoms with van der Waals surface area (Å²) in [5.41, 5.74) is 5.97. The van der Waals surface area contributed by atoms with Crippen LogP contribution in [-0.4, -0.2) is 47.6 Å². The molecule has 2 rings (SSSR count). The number of carbonyl (C=O) groups is 2. The molecular weight excluding hydrogens is 272 g/mol. The summed E-state index contributed by atoms with van der Waals surface area (Å²) in [6.45, 7) is 1.65. The molecule has 0 radical (unpaired) electrons. The minimum absolute atomic E-state index is 0.0106. The first-order chi connectivity index (χ1) is 10.1. The van der Waals surface area contributed by atoms with Crippen molar-refractivity contribution in [2.24, 2.45) is 5.73 Å². The van der Waals surface area contributed by atoms with Crippen LogP contribution in [0.2, 0.25) is 0 Å². The van der Waals surface area contributed by atoms with Gasteiger partial charge in [0.25, 0.3) is 0 Å². The summed E-state index contributed by atoms with van der Waals surface area (Å²) >= 11 is 0. The monoisotopic (exact) mass is 292 g/mol. The van der Waals surface area contributed by atoms with Crippen molar-refractivity contribution in [3.05, 3.63) is 30.1 Å². The van der Waals surface area contributed by atoms with Crippen LogP contribution in [0.5, 0.6) is 0 Å². The van der Waals surface area contributed by atoms with E-state index < -0.39 is 6.03 Å². The zero-order valence-electron chi connectivity index (χ0n) is 11.8. The fourth-order valence-corrected chi connectivity index (χ4v) is 2.27. The van der Waals surface area contributed by atoms with Crippen molar-refractivity contribution < 1.29 is 14.3 Å². The molecule has 7 nitrogen and oxygen atoms in total. The Hall–Kier alpha value is -2.15. The molecule has 1 fully saturated rings. The second kappa shape index (κ2) is 7.58. The molecule has 1 atom stereocenters. The molecule has 1 saturated heterocycles. The van der Waals surface area contributed by atoms with Crippen molar-refractivity contribution in [2.45, 2.75) is 25.6 Å². The minimum Gasteiger partial charge on any atom is -0.372 e. The van der Waals surface area contributed by atoms with Crippen LogP contribution in [0.25, 0.3) is 0 Å². The van der Waals surface area contributed by atoms with Gasteiger partial charge in [0.05, 0.1) is 19.3 Å². The molecule has 21 heavy (non-hydrogen) atoms. The van der Waals surface area contributed by atoms with Crippen LogP contribution in [0.3, 0.4) is 0 Å². The highest BCUT2D eigenvalue weighted by Crippen LogP contribution is 2.15. The van der Waals surface area contributed by atoms with Crippen LogP contribution < -0.4 is 11.1 Å². The number of pyridine rings is 1. The van der Waals surface area contributed by atoms with Crippen molar-refractivity contribution >= 4 is 11.9 Å². The first-order valence-electron chi connectivity index (χ1n) is 6.96. The Kier molecular flexibility index (Phi) is 5.51. The van der Waals surface area contributed by atoms with E-state index >= 15 is 0 Å². The van der Waals surface area contributed by atoms with Gasteiger partial charge in [-0.2, -0.15) is 0 Å². The highest BCUT2D eigenvalue weighted by Gasteiger charge is 2.24. The van der Waals surface area contributed by atoms with E-state index in [2.05, 4.69) is 10.3 Å². The molecule has 3 amide bonds. The molecule has 1 aliphatic rings. The van der Waals surface area contributed by atoms with E-state index in [-0.39, 0.29) is 18.6 Å². The van der Waals surface area contributed by atoms with E-state index in [9.17, 15) is 9.59 Å². The molecule has 0 aromatic carbocycles.